The van der Waals surface area contributed by atoms with E-state index in [0.29, 0.717) is 0 Å². The van der Waals surface area contributed by atoms with Crippen LogP contribution >= 0.6 is 23.2 Å². The first-order chi connectivity index (χ1) is 9.01. The van der Waals surface area contributed by atoms with E-state index in [0.717, 1.165) is 12.8 Å². The molecule has 0 aliphatic heterocycles. The Labute approximate surface area is 143 Å². The number of rotatable bonds is 6. The molecule has 0 bridgehead atoms. The molecule has 21 heavy (non-hydrogen) atoms. The number of alkyl halides is 2. The van der Waals surface area contributed by atoms with Gasteiger partial charge in [-0.25, -0.2) is 0 Å². The van der Waals surface area contributed by atoms with Crippen molar-refractivity contribution in [2.75, 3.05) is 0 Å². The zero-order chi connectivity index (χ0) is 17.3. The number of ether oxygens (including phenoxy) is 1. The SMILES string of the molecule is CC(C)C(Cl)(CC(C)(C)C)OC(Cl)(CC(C)(C)C)C(C)C. The molecule has 0 spiro atoms. The molecule has 0 amide bonds. The highest BCUT2D eigenvalue weighted by Crippen LogP contribution is 2.47. The maximum atomic E-state index is 6.91. The summed E-state index contributed by atoms with van der Waals surface area (Å²) in [5.74, 6) is 0.380. The van der Waals surface area contributed by atoms with Gasteiger partial charge in [0.1, 0.15) is 10.1 Å². The first-order valence-corrected chi connectivity index (χ1v) is 8.84. The molecule has 0 saturated carbocycles. The van der Waals surface area contributed by atoms with E-state index in [-0.39, 0.29) is 22.7 Å². The molecule has 0 fully saturated rings. The minimum atomic E-state index is -0.741. The fraction of sp³-hybridized carbons (Fsp3) is 1.00. The van der Waals surface area contributed by atoms with Crippen LogP contribution in [0, 0.1) is 22.7 Å². The van der Waals surface area contributed by atoms with Crippen LogP contribution in [-0.2, 0) is 4.74 Å². The second kappa shape index (κ2) is 6.97. The average molecular weight is 339 g/mol. The summed E-state index contributed by atoms with van der Waals surface area (Å²) >= 11 is 13.8. The minimum absolute atomic E-state index is 0.0858. The minimum Gasteiger partial charge on any atom is -0.338 e. The second-order valence-electron chi connectivity index (χ2n) is 9.46. The molecule has 0 aliphatic carbocycles. The van der Waals surface area contributed by atoms with E-state index in [1.165, 1.54) is 0 Å². The fourth-order valence-electron chi connectivity index (χ4n) is 2.44. The van der Waals surface area contributed by atoms with Gasteiger partial charge >= 0.3 is 0 Å². The maximum Gasteiger partial charge on any atom is 0.146 e. The monoisotopic (exact) mass is 338 g/mol. The number of hydrogen-bond donors (Lipinski definition) is 0. The average Bonchev–Trinajstić information content (AvgIpc) is 2.09. The lowest BCUT2D eigenvalue weighted by Gasteiger charge is -2.46. The van der Waals surface area contributed by atoms with E-state index < -0.39 is 10.1 Å². The third-order valence-corrected chi connectivity index (χ3v) is 4.90. The third-order valence-electron chi connectivity index (χ3n) is 3.61. The molecule has 0 N–H and O–H groups in total. The van der Waals surface area contributed by atoms with Crippen LogP contribution in [0.2, 0.25) is 0 Å². The van der Waals surface area contributed by atoms with Gasteiger partial charge in [-0.1, -0.05) is 92.4 Å². The van der Waals surface area contributed by atoms with Gasteiger partial charge in [0.05, 0.1) is 0 Å². The van der Waals surface area contributed by atoms with Crippen molar-refractivity contribution >= 4 is 23.2 Å². The zero-order valence-corrected chi connectivity index (χ0v) is 17.2. The lowest BCUT2D eigenvalue weighted by atomic mass is 9.82. The van der Waals surface area contributed by atoms with Crippen molar-refractivity contribution in [2.24, 2.45) is 22.7 Å². The topological polar surface area (TPSA) is 9.23 Å². The Hall–Kier alpha value is 0.540. The summed E-state index contributed by atoms with van der Waals surface area (Å²) in [7, 11) is 0. The van der Waals surface area contributed by atoms with Crippen molar-refractivity contribution < 1.29 is 4.74 Å². The van der Waals surface area contributed by atoms with Gasteiger partial charge < -0.3 is 4.74 Å². The van der Waals surface area contributed by atoms with Crippen molar-refractivity contribution in [1.29, 1.82) is 0 Å². The molecule has 1 nitrogen and oxygen atoms in total. The van der Waals surface area contributed by atoms with Gasteiger partial charge in [-0.05, 0) is 35.5 Å². The van der Waals surface area contributed by atoms with Crippen LogP contribution in [0.1, 0.15) is 82.1 Å². The van der Waals surface area contributed by atoms with Crippen molar-refractivity contribution in [3.63, 3.8) is 0 Å². The van der Waals surface area contributed by atoms with Gasteiger partial charge in [0, 0.05) is 0 Å². The Kier molecular flexibility index (Phi) is 7.15. The summed E-state index contributed by atoms with van der Waals surface area (Å²) < 4.78 is 6.43. The lowest BCUT2D eigenvalue weighted by Crippen LogP contribution is -2.47. The van der Waals surface area contributed by atoms with E-state index in [1.807, 2.05) is 0 Å². The van der Waals surface area contributed by atoms with Crippen molar-refractivity contribution in [3.8, 4) is 0 Å². The molecular formula is C18H36Cl2O. The molecule has 128 valence electrons. The summed E-state index contributed by atoms with van der Waals surface area (Å²) in [5.41, 5.74) is 0.172. The molecule has 3 heteroatoms. The maximum absolute atomic E-state index is 6.91. The lowest BCUT2D eigenvalue weighted by molar-refractivity contribution is -0.136. The predicted molar refractivity (Wildman–Crippen MR) is 96.1 cm³/mol. The van der Waals surface area contributed by atoms with Gasteiger partial charge in [0.15, 0.2) is 0 Å². The van der Waals surface area contributed by atoms with E-state index in [1.54, 1.807) is 0 Å². The standard InChI is InChI=1S/C18H36Cl2O/c1-13(2)17(19,11-15(5,6)7)21-18(20,14(3)4)12-16(8,9)10/h13-14H,11-12H2,1-10H3. The van der Waals surface area contributed by atoms with Gasteiger partial charge in [-0.15, -0.1) is 0 Å². The Morgan fingerprint density at radius 2 is 0.905 bits per heavy atom. The molecule has 0 aliphatic rings. The summed E-state index contributed by atoms with van der Waals surface area (Å²) in [5, 5.41) is -1.48. The van der Waals surface area contributed by atoms with E-state index in [2.05, 4.69) is 69.2 Å². The highest BCUT2D eigenvalue weighted by Gasteiger charge is 2.46. The fourth-order valence-corrected chi connectivity index (χ4v) is 3.56. The Morgan fingerprint density at radius 3 is 1.05 bits per heavy atom. The molecule has 2 atom stereocenters. The number of halogens is 2. The zero-order valence-electron chi connectivity index (χ0n) is 15.7. The van der Waals surface area contributed by atoms with Crippen LogP contribution < -0.4 is 0 Å². The molecule has 0 aromatic heterocycles. The molecule has 2 unspecified atom stereocenters. The quantitative estimate of drug-likeness (QED) is 0.471. The van der Waals surface area contributed by atoms with Crippen molar-refractivity contribution in [2.45, 2.75) is 92.2 Å². The molecule has 0 aromatic carbocycles. The van der Waals surface area contributed by atoms with Crippen LogP contribution in [0.15, 0.2) is 0 Å². The highest BCUT2D eigenvalue weighted by molar-refractivity contribution is 6.25. The summed E-state index contributed by atoms with van der Waals surface area (Å²) in [6, 6.07) is 0. The number of hydrogen-bond acceptors (Lipinski definition) is 1. The normalized spacial score (nSPS) is 19.7. The summed E-state index contributed by atoms with van der Waals surface area (Å²) in [6.07, 6.45) is 1.54. The third kappa shape index (κ3) is 7.57. The highest BCUT2D eigenvalue weighted by atomic mass is 35.5. The molecule has 0 radical (unpaired) electrons. The first-order valence-electron chi connectivity index (χ1n) is 8.09. The second-order valence-corrected chi connectivity index (χ2v) is 10.7. The molecule has 0 heterocycles. The van der Waals surface area contributed by atoms with E-state index in [4.69, 9.17) is 27.9 Å². The van der Waals surface area contributed by atoms with Gasteiger partial charge in [0.2, 0.25) is 0 Å². The smallest absolute Gasteiger partial charge is 0.146 e. The van der Waals surface area contributed by atoms with E-state index >= 15 is 0 Å². The van der Waals surface area contributed by atoms with Crippen LogP contribution in [-0.4, -0.2) is 10.1 Å². The Bertz CT molecular complexity index is 293. The van der Waals surface area contributed by atoms with Crippen LogP contribution in [0.5, 0.6) is 0 Å². The molecule has 0 rings (SSSR count). The summed E-state index contributed by atoms with van der Waals surface area (Å²) in [6.45, 7) is 21.5. The summed E-state index contributed by atoms with van der Waals surface area (Å²) in [4.78, 5) is 0. The van der Waals surface area contributed by atoms with Gasteiger partial charge in [-0.3, -0.25) is 0 Å². The van der Waals surface area contributed by atoms with E-state index in [9.17, 15) is 0 Å². The van der Waals surface area contributed by atoms with Gasteiger partial charge in [0.25, 0.3) is 0 Å². The molecule has 0 saturated heterocycles. The molecule has 0 aromatic rings. The van der Waals surface area contributed by atoms with Crippen molar-refractivity contribution in [3.05, 3.63) is 0 Å². The Balaban J connectivity index is 5.44. The first kappa shape index (κ1) is 21.5. The molecular weight excluding hydrogens is 303 g/mol. The Morgan fingerprint density at radius 1 is 0.667 bits per heavy atom. The van der Waals surface area contributed by atoms with Crippen LogP contribution in [0.4, 0.5) is 0 Å². The predicted octanol–water partition coefficient (Wildman–Crippen LogP) is 7.06. The van der Waals surface area contributed by atoms with Crippen LogP contribution in [0.25, 0.3) is 0 Å². The van der Waals surface area contributed by atoms with Gasteiger partial charge in [-0.2, -0.15) is 0 Å². The van der Waals surface area contributed by atoms with Crippen molar-refractivity contribution in [1.82, 2.24) is 0 Å². The largest absolute Gasteiger partial charge is 0.338 e. The van der Waals surface area contributed by atoms with Crippen LogP contribution in [0.3, 0.4) is 0 Å².